The fourth-order valence-corrected chi connectivity index (χ4v) is 2.94. The van der Waals surface area contributed by atoms with Gasteiger partial charge in [-0.05, 0) is 30.7 Å². The van der Waals surface area contributed by atoms with Crippen molar-refractivity contribution in [3.8, 4) is 0 Å². The van der Waals surface area contributed by atoms with E-state index in [2.05, 4.69) is 16.0 Å². The van der Waals surface area contributed by atoms with Crippen LogP contribution >= 0.6 is 0 Å². The molecule has 2 aromatic rings. The van der Waals surface area contributed by atoms with Crippen LogP contribution in [-0.4, -0.2) is 45.9 Å². The van der Waals surface area contributed by atoms with Crippen molar-refractivity contribution in [2.75, 3.05) is 19.7 Å². The standard InChI is InChI=1S/C16H20N2O2/c19-11-13-6-8-18(10-16(13)20)9-12-5-7-17-15-4-2-1-3-14(12)15/h1-5,7,13,16,19-20H,6,8-11H2/t13-,16+/m1/s1. The minimum Gasteiger partial charge on any atom is -0.396 e. The zero-order chi connectivity index (χ0) is 13.9. The third-order valence-corrected chi connectivity index (χ3v) is 4.17. The summed E-state index contributed by atoms with van der Waals surface area (Å²) in [6.45, 7) is 2.44. The van der Waals surface area contributed by atoms with E-state index >= 15 is 0 Å². The average molecular weight is 272 g/mol. The maximum atomic E-state index is 10.0. The van der Waals surface area contributed by atoms with Gasteiger partial charge in [0.25, 0.3) is 0 Å². The summed E-state index contributed by atoms with van der Waals surface area (Å²) in [7, 11) is 0. The van der Waals surface area contributed by atoms with Crippen LogP contribution in [0.3, 0.4) is 0 Å². The summed E-state index contributed by atoms with van der Waals surface area (Å²) in [5.74, 6) is 0.0282. The Balaban J connectivity index is 1.77. The number of nitrogens with zero attached hydrogens (tertiary/aromatic N) is 2. The molecule has 2 heterocycles. The maximum absolute atomic E-state index is 10.0. The van der Waals surface area contributed by atoms with E-state index in [9.17, 15) is 10.2 Å². The molecule has 2 atom stereocenters. The summed E-state index contributed by atoms with van der Waals surface area (Å²) >= 11 is 0. The molecular formula is C16H20N2O2. The van der Waals surface area contributed by atoms with E-state index in [1.807, 2.05) is 30.5 Å². The molecule has 1 aromatic heterocycles. The van der Waals surface area contributed by atoms with E-state index in [1.165, 1.54) is 10.9 Å². The molecule has 2 N–H and O–H groups in total. The Morgan fingerprint density at radius 1 is 1.25 bits per heavy atom. The van der Waals surface area contributed by atoms with Crippen LogP contribution in [0.25, 0.3) is 10.9 Å². The number of β-amino-alcohol motifs (C(OH)–C–C–N with tert-alkyl or cyclic N) is 1. The Bertz CT molecular complexity index is 582. The van der Waals surface area contributed by atoms with Gasteiger partial charge >= 0.3 is 0 Å². The molecule has 1 aromatic carbocycles. The zero-order valence-electron chi connectivity index (χ0n) is 11.4. The molecule has 106 valence electrons. The number of pyridine rings is 1. The van der Waals surface area contributed by atoms with Crippen LogP contribution in [0.15, 0.2) is 36.5 Å². The van der Waals surface area contributed by atoms with Gasteiger partial charge in [0, 0.05) is 37.2 Å². The number of fused-ring (bicyclic) bond motifs is 1. The van der Waals surface area contributed by atoms with Gasteiger partial charge in [0.1, 0.15) is 0 Å². The van der Waals surface area contributed by atoms with Gasteiger partial charge in [0.05, 0.1) is 11.6 Å². The van der Waals surface area contributed by atoms with Gasteiger partial charge in [-0.15, -0.1) is 0 Å². The van der Waals surface area contributed by atoms with Crippen molar-refractivity contribution in [1.82, 2.24) is 9.88 Å². The molecule has 1 aliphatic rings. The first-order chi connectivity index (χ1) is 9.78. The highest BCUT2D eigenvalue weighted by Crippen LogP contribution is 2.22. The molecule has 0 bridgehead atoms. The molecule has 20 heavy (non-hydrogen) atoms. The number of hydrogen-bond donors (Lipinski definition) is 2. The van der Waals surface area contributed by atoms with Crippen molar-refractivity contribution >= 4 is 10.9 Å². The lowest BCUT2D eigenvalue weighted by Gasteiger charge is -2.35. The van der Waals surface area contributed by atoms with E-state index in [4.69, 9.17) is 0 Å². The molecule has 4 heteroatoms. The lowest BCUT2D eigenvalue weighted by atomic mass is 9.94. The molecule has 1 aliphatic heterocycles. The number of likely N-dealkylation sites (tertiary alicyclic amines) is 1. The molecule has 4 nitrogen and oxygen atoms in total. The second kappa shape index (κ2) is 5.87. The third-order valence-electron chi connectivity index (χ3n) is 4.17. The highest BCUT2D eigenvalue weighted by atomic mass is 16.3. The number of para-hydroxylation sites is 1. The minimum absolute atomic E-state index is 0.0282. The van der Waals surface area contributed by atoms with Crippen molar-refractivity contribution in [3.63, 3.8) is 0 Å². The minimum atomic E-state index is -0.429. The van der Waals surface area contributed by atoms with Crippen LogP contribution in [0.5, 0.6) is 0 Å². The number of aliphatic hydroxyl groups excluding tert-OH is 2. The quantitative estimate of drug-likeness (QED) is 0.887. The van der Waals surface area contributed by atoms with E-state index in [0.717, 1.165) is 25.0 Å². The Kier molecular flexibility index (Phi) is 3.96. The highest BCUT2D eigenvalue weighted by molar-refractivity contribution is 5.81. The lowest BCUT2D eigenvalue weighted by Crippen LogP contribution is -2.44. The molecular weight excluding hydrogens is 252 g/mol. The third kappa shape index (κ3) is 2.68. The summed E-state index contributed by atoms with van der Waals surface area (Å²) in [6, 6.07) is 10.2. The van der Waals surface area contributed by atoms with Gasteiger partial charge in [-0.3, -0.25) is 9.88 Å². The van der Waals surface area contributed by atoms with Gasteiger partial charge < -0.3 is 10.2 Å². The van der Waals surface area contributed by atoms with Gasteiger partial charge in [0.15, 0.2) is 0 Å². The van der Waals surface area contributed by atoms with Gasteiger partial charge in [-0.1, -0.05) is 18.2 Å². The van der Waals surface area contributed by atoms with Crippen molar-refractivity contribution in [2.24, 2.45) is 5.92 Å². The number of piperidine rings is 1. The van der Waals surface area contributed by atoms with E-state index in [0.29, 0.717) is 6.54 Å². The number of hydrogen-bond acceptors (Lipinski definition) is 4. The summed E-state index contributed by atoms with van der Waals surface area (Å²) in [4.78, 5) is 6.62. The molecule has 1 fully saturated rings. The molecule has 0 amide bonds. The molecule has 0 saturated carbocycles. The van der Waals surface area contributed by atoms with Crippen LogP contribution in [0.4, 0.5) is 0 Å². The summed E-state index contributed by atoms with van der Waals surface area (Å²) in [5.41, 5.74) is 2.25. The SMILES string of the molecule is OC[C@H]1CCN(Cc2ccnc3ccccc23)C[C@@H]1O. The Morgan fingerprint density at radius 3 is 2.90 bits per heavy atom. The molecule has 0 radical (unpaired) electrons. The summed E-state index contributed by atoms with van der Waals surface area (Å²) in [5, 5.41) is 20.4. The molecule has 3 rings (SSSR count). The topological polar surface area (TPSA) is 56.6 Å². The second-order valence-electron chi connectivity index (χ2n) is 5.52. The van der Waals surface area contributed by atoms with Crippen LogP contribution in [0.2, 0.25) is 0 Å². The fourth-order valence-electron chi connectivity index (χ4n) is 2.94. The largest absolute Gasteiger partial charge is 0.396 e. The van der Waals surface area contributed by atoms with Gasteiger partial charge in [0.2, 0.25) is 0 Å². The summed E-state index contributed by atoms with van der Waals surface area (Å²) < 4.78 is 0. The molecule has 0 spiro atoms. The number of benzene rings is 1. The first-order valence-electron chi connectivity index (χ1n) is 7.12. The van der Waals surface area contributed by atoms with E-state index in [-0.39, 0.29) is 12.5 Å². The maximum Gasteiger partial charge on any atom is 0.0717 e. The zero-order valence-corrected chi connectivity index (χ0v) is 11.4. The predicted molar refractivity (Wildman–Crippen MR) is 78.2 cm³/mol. The number of aromatic nitrogens is 1. The smallest absolute Gasteiger partial charge is 0.0717 e. The first kappa shape index (κ1) is 13.5. The van der Waals surface area contributed by atoms with Crippen LogP contribution in [0, 0.1) is 5.92 Å². The van der Waals surface area contributed by atoms with Crippen molar-refractivity contribution < 1.29 is 10.2 Å². The Labute approximate surface area is 118 Å². The van der Waals surface area contributed by atoms with Gasteiger partial charge in [-0.25, -0.2) is 0 Å². The normalized spacial score (nSPS) is 24.1. The van der Waals surface area contributed by atoms with Crippen LogP contribution in [-0.2, 0) is 6.54 Å². The van der Waals surface area contributed by atoms with Crippen LogP contribution in [0.1, 0.15) is 12.0 Å². The number of rotatable bonds is 3. The summed E-state index contributed by atoms with van der Waals surface area (Å²) in [6.07, 6.45) is 2.26. The second-order valence-corrected chi connectivity index (χ2v) is 5.52. The monoisotopic (exact) mass is 272 g/mol. The average Bonchev–Trinajstić information content (AvgIpc) is 2.48. The van der Waals surface area contributed by atoms with Crippen molar-refractivity contribution in [1.29, 1.82) is 0 Å². The Hall–Kier alpha value is -1.49. The Morgan fingerprint density at radius 2 is 2.10 bits per heavy atom. The highest BCUT2D eigenvalue weighted by Gasteiger charge is 2.27. The van der Waals surface area contributed by atoms with Crippen molar-refractivity contribution in [3.05, 3.63) is 42.1 Å². The number of aliphatic hydroxyl groups is 2. The molecule has 1 saturated heterocycles. The molecule has 0 aliphatic carbocycles. The van der Waals surface area contributed by atoms with Gasteiger partial charge in [-0.2, -0.15) is 0 Å². The first-order valence-corrected chi connectivity index (χ1v) is 7.12. The van der Waals surface area contributed by atoms with E-state index < -0.39 is 6.10 Å². The van der Waals surface area contributed by atoms with E-state index in [1.54, 1.807) is 0 Å². The lowest BCUT2D eigenvalue weighted by molar-refractivity contribution is -0.00432. The van der Waals surface area contributed by atoms with Crippen molar-refractivity contribution in [2.45, 2.75) is 19.1 Å². The fraction of sp³-hybridized carbons (Fsp3) is 0.438. The molecule has 0 unspecified atom stereocenters. The predicted octanol–water partition coefficient (Wildman–Crippen LogP) is 1.41. The van der Waals surface area contributed by atoms with Crippen LogP contribution < -0.4 is 0 Å².